The first-order chi connectivity index (χ1) is 10.4. The third-order valence-electron chi connectivity index (χ3n) is 3.64. The normalized spacial score (nSPS) is 14.1. The number of nitrogens with one attached hydrogen (secondary N) is 1. The van der Waals surface area contributed by atoms with Crippen LogP contribution in [0.1, 0.15) is 39.2 Å². The lowest BCUT2D eigenvalue weighted by molar-refractivity contribution is 0.0584. The van der Waals surface area contributed by atoms with Gasteiger partial charge in [0.05, 0.1) is 11.3 Å². The van der Waals surface area contributed by atoms with E-state index in [0.717, 1.165) is 18.5 Å². The smallest absolute Gasteiger partial charge is 0.247 e. The van der Waals surface area contributed by atoms with Crippen LogP contribution in [0.25, 0.3) is 5.69 Å². The Kier molecular flexibility index (Phi) is 5.13. The highest BCUT2D eigenvalue weighted by Crippen LogP contribution is 2.18. The van der Waals surface area contributed by atoms with Crippen LogP contribution in [-0.2, 0) is 0 Å². The van der Waals surface area contributed by atoms with E-state index in [9.17, 15) is 5.11 Å². The predicted octanol–water partition coefficient (Wildman–Crippen LogP) is 2.57. The van der Waals surface area contributed by atoms with Gasteiger partial charge >= 0.3 is 0 Å². The van der Waals surface area contributed by atoms with Crippen LogP contribution in [0.3, 0.4) is 0 Å². The fourth-order valence-electron chi connectivity index (χ4n) is 2.11. The van der Waals surface area contributed by atoms with Crippen molar-refractivity contribution in [2.24, 2.45) is 5.92 Å². The first kappa shape index (κ1) is 16.4. The Labute approximate surface area is 131 Å². The molecule has 0 amide bonds. The molecule has 0 aliphatic carbocycles. The standard InChI is InChI=1S/C16H25N5O/c1-12(2)9-10-16(4,22)11-17-15-18-19-20-21(15)14-7-5-13(3)6-8-14/h5-8,12,22H,9-11H2,1-4H3,(H,17,18,20). The topological polar surface area (TPSA) is 75.9 Å². The first-order valence-corrected chi connectivity index (χ1v) is 7.69. The number of aryl methyl sites for hydroxylation is 1. The van der Waals surface area contributed by atoms with Gasteiger partial charge in [-0.25, -0.2) is 0 Å². The summed E-state index contributed by atoms with van der Waals surface area (Å²) < 4.78 is 1.64. The summed E-state index contributed by atoms with van der Waals surface area (Å²) in [6.07, 6.45) is 1.72. The Bertz CT molecular complexity index is 589. The van der Waals surface area contributed by atoms with Crippen LogP contribution < -0.4 is 5.32 Å². The zero-order valence-corrected chi connectivity index (χ0v) is 13.7. The summed E-state index contributed by atoms with van der Waals surface area (Å²) in [4.78, 5) is 0. The van der Waals surface area contributed by atoms with Gasteiger partial charge < -0.3 is 10.4 Å². The number of nitrogens with zero attached hydrogens (tertiary/aromatic N) is 4. The number of benzene rings is 1. The molecule has 0 saturated heterocycles. The van der Waals surface area contributed by atoms with Crippen LogP contribution in [0, 0.1) is 12.8 Å². The molecule has 1 heterocycles. The van der Waals surface area contributed by atoms with E-state index in [0.29, 0.717) is 18.4 Å². The van der Waals surface area contributed by atoms with Gasteiger partial charge in [-0.2, -0.15) is 4.68 Å². The van der Waals surface area contributed by atoms with Gasteiger partial charge in [-0.15, -0.1) is 0 Å². The summed E-state index contributed by atoms with van der Waals surface area (Å²) in [5.74, 6) is 1.11. The minimum atomic E-state index is -0.783. The van der Waals surface area contributed by atoms with Crippen LogP contribution in [0.2, 0.25) is 0 Å². The molecule has 2 aromatic rings. The van der Waals surface area contributed by atoms with Crippen molar-refractivity contribution in [2.75, 3.05) is 11.9 Å². The van der Waals surface area contributed by atoms with E-state index in [4.69, 9.17) is 0 Å². The first-order valence-electron chi connectivity index (χ1n) is 7.69. The second-order valence-corrected chi connectivity index (χ2v) is 6.53. The largest absolute Gasteiger partial charge is 0.388 e. The second kappa shape index (κ2) is 6.87. The second-order valence-electron chi connectivity index (χ2n) is 6.53. The molecule has 1 aromatic carbocycles. The average molecular weight is 303 g/mol. The lowest BCUT2D eigenvalue weighted by atomic mass is 9.95. The van der Waals surface area contributed by atoms with Gasteiger partial charge in [-0.3, -0.25) is 0 Å². The number of hydrogen-bond acceptors (Lipinski definition) is 5. The molecule has 0 saturated carbocycles. The molecule has 1 atom stereocenters. The zero-order chi connectivity index (χ0) is 16.2. The minimum absolute atomic E-state index is 0.409. The summed E-state index contributed by atoms with van der Waals surface area (Å²) >= 11 is 0. The Balaban J connectivity index is 2.02. The Morgan fingerprint density at radius 2 is 1.95 bits per heavy atom. The van der Waals surface area contributed by atoms with Crippen LogP contribution in [0.5, 0.6) is 0 Å². The Hall–Kier alpha value is -1.95. The molecule has 0 fully saturated rings. The quantitative estimate of drug-likeness (QED) is 0.822. The fraction of sp³-hybridized carbons (Fsp3) is 0.562. The van der Waals surface area contributed by atoms with Gasteiger partial charge in [0, 0.05) is 6.54 Å². The minimum Gasteiger partial charge on any atom is -0.388 e. The summed E-state index contributed by atoms with van der Waals surface area (Å²) in [6, 6.07) is 7.96. The SMILES string of the molecule is Cc1ccc(-n2nnnc2NCC(C)(O)CCC(C)C)cc1. The highest BCUT2D eigenvalue weighted by Gasteiger charge is 2.21. The predicted molar refractivity (Wildman–Crippen MR) is 87.1 cm³/mol. The molecular weight excluding hydrogens is 278 g/mol. The van der Waals surface area contributed by atoms with E-state index in [1.807, 2.05) is 38.1 Å². The summed E-state index contributed by atoms with van der Waals surface area (Å²) in [6.45, 7) is 8.59. The highest BCUT2D eigenvalue weighted by molar-refractivity contribution is 5.40. The van der Waals surface area contributed by atoms with Crippen LogP contribution >= 0.6 is 0 Å². The average Bonchev–Trinajstić information content (AvgIpc) is 2.93. The van der Waals surface area contributed by atoms with Gasteiger partial charge in [0.25, 0.3) is 0 Å². The van der Waals surface area contributed by atoms with Gasteiger partial charge in [0.1, 0.15) is 0 Å². The number of aliphatic hydroxyl groups is 1. The van der Waals surface area contributed by atoms with E-state index in [2.05, 4.69) is 34.7 Å². The lowest BCUT2D eigenvalue weighted by Gasteiger charge is -2.24. The van der Waals surface area contributed by atoms with E-state index in [1.54, 1.807) is 4.68 Å². The molecule has 0 aliphatic heterocycles. The molecule has 6 nitrogen and oxygen atoms in total. The van der Waals surface area contributed by atoms with Crippen LogP contribution in [0.15, 0.2) is 24.3 Å². The van der Waals surface area contributed by atoms with Crippen molar-refractivity contribution in [1.82, 2.24) is 20.2 Å². The van der Waals surface area contributed by atoms with Gasteiger partial charge in [0.15, 0.2) is 0 Å². The van der Waals surface area contributed by atoms with Gasteiger partial charge in [-0.1, -0.05) is 36.6 Å². The zero-order valence-electron chi connectivity index (χ0n) is 13.7. The van der Waals surface area contributed by atoms with Crippen molar-refractivity contribution in [1.29, 1.82) is 0 Å². The molecule has 2 N–H and O–H groups in total. The van der Waals surface area contributed by atoms with Gasteiger partial charge in [0.2, 0.25) is 5.95 Å². The van der Waals surface area contributed by atoms with Crippen molar-refractivity contribution < 1.29 is 5.11 Å². The number of hydrogen-bond donors (Lipinski definition) is 2. The lowest BCUT2D eigenvalue weighted by Crippen LogP contribution is -2.34. The molecule has 2 rings (SSSR count). The molecule has 1 aromatic heterocycles. The molecule has 0 aliphatic rings. The summed E-state index contributed by atoms with van der Waals surface area (Å²) in [5, 5.41) is 25.3. The summed E-state index contributed by atoms with van der Waals surface area (Å²) in [7, 11) is 0. The Morgan fingerprint density at radius 3 is 2.59 bits per heavy atom. The van der Waals surface area contributed by atoms with E-state index in [-0.39, 0.29) is 0 Å². The molecular formula is C16H25N5O. The van der Waals surface area contributed by atoms with E-state index < -0.39 is 5.60 Å². The molecule has 1 unspecified atom stereocenters. The van der Waals surface area contributed by atoms with Crippen molar-refractivity contribution >= 4 is 5.95 Å². The number of aromatic nitrogens is 4. The van der Waals surface area contributed by atoms with Crippen LogP contribution in [-0.4, -0.2) is 37.5 Å². The molecule has 22 heavy (non-hydrogen) atoms. The van der Waals surface area contributed by atoms with Crippen molar-refractivity contribution in [3.8, 4) is 5.69 Å². The van der Waals surface area contributed by atoms with Gasteiger partial charge in [-0.05, 0) is 55.2 Å². The number of rotatable bonds is 7. The van der Waals surface area contributed by atoms with Crippen LogP contribution in [0.4, 0.5) is 5.95 Å². The summed E-state index contributed by atoms with van der Waals surface area (Å²) in [5.41, 5.74) is 1.29. The highest BCUT2D eigenvalue weighted by atomic mass is 16.3. The maximum absolute atomic E-state index is 10.4. The number of tetrazole rings is 1. The fourth-order valence-corrected chi connectivity index (χ4v) is 2.11. The third-order valence-corrected chi connectivity index (χ3v) is 3.64. The molecule has 0 spiro atoms. The number of anilines is 1. The monoisotopic (exact) mass is 303 g/mol. The van der Waals surface area contributed by atoms with Crippen molar-refractivity contribution in [3.05, 3.63) is 29.8 Å². The molecule has 6 heteroatoms. The molecule has 120 valence electrons. The van der Waals surface area contributed by atoms with E-state index >= 15 is 0 Å². The maximum Gasteiger partial charge on any atom is 0.247 e. The molecule has 0 radical (unpaired) electrons. The van der Waals surface area contributed by atoms with Crippen molar-refractivity contribution in [2.45, 2.75) is 46.1 Å². The maximum atomic E-state index is 10.4. The third kappa shape index (κ3) is 4.53. The van der Waals surface area contributed by atoms with E-state index in [1.165, 1.54) is 5.56 Å². The molecule has 0 bridgehead atoms. The Morgan fingerprint density at radius 1 is 1.27 bits per heavy atom. The van der Waals surface area contributed by atoms with Crippen molar-refractivity contribution in [3.63, 3.8) is 0 Å².